The Kier molecular flexibility index (Phi) is 12.8. The van der Waals surface area contributed by atoms with Crippen LogP contribution in [0, 0.1) is 0 Å². The normalized spacial score (nSPS) is 12.2. The van der Waals surface area contributed by atoms with E-state index < -0.39 is 7.75 Å². The van der Waals surface area contributed by atoms with E-state index in [4.69, 9.17) is 9.05 Å². The van der Waals surface area contributed by atoms with Crippen LogP contribution in [-0.2, 0) is 13.6 Å². The van der Waals surface area contributed by atoms with Gasteiger partial charge in [0.2, 0.25) is 0 Å². The van der Waals surface area contributed by atoms with E-state index in [1.54, 1.807) is 0 Å². The number of rotatable bonds is 14. The first kappa shape index (κ1) is 20.1. The summed E-state index contributed by atoms with van der Waals surface area (Å²) < 4.78 is 23.5. The van der Waals surface area contributed by atoms with Crippen molar-refractivity contribution >= 4 is 7.75 Å². The van der Waals surface area contributed by atoms with Crippen molar-refractivity contribution in [3.8, 4) is 0 Å². The molecule has 0 aliphatic heterocycles. The van der Waals surface area contributed by atoms with Gasteiger partial charge in [-0.1, -0.05) is 40.5 Å². The molecule has 0 heterocycles. The van der Waals surface area contributed by atoms with Crippen molar-refractivity contribution < 1.29 is 13.6 Å². The summed E-state index contributed by atoms with van der Waals surface area (Å²) in [6.45, 7) is 12.8. The molecule has 0 amide bonds. The fourth-order valence-corrected chi connectivity index (χ4v) is 3.04. The van der Waals surface area contributed by atoms with Crippen molar-refractivity contribution in [3.05, 3.63) is 0 Å². The van der Waals surface area contributed by atoms with Crippen LogP contribution >= 0.6 is 7.75 Å². The van der Waals surface area contributed by atoms with Gasteiger partial charge in [0.25, 0.3) is 0 Å². The molecule has 0 bridgehead atoms. The molecule has 0 aromatic carbocycles. The van der Waals surface area contributed by atoms with Gasteiger partial charge < -0.3 is 4.90 Å². The molecule has 0 aromatic rings. The highest BCUT2D eigenvalue weighted by Gasteiger charge is 2.23. The van der Waals surface area contributed by atoms with Gasteiger partial charge in [0.1, 0.15) is 0 Å². The van der Waals surface area contributed by atoms with Crippen molar-refractivity contribution in [1.29, 1.82) is 0 Å². The lowest BCUT2D eigenvalue weighted by Gasteiger charge is -2.22. The van der Waals surface area contributed by atoms with E-state index in [9.17, 15) is 4.57 Å². The second kappa shape index (κ2) is 12.8. The van der Waals surface area contributed by atoms with Crippen molar-refractivity contribution in [1.82, 2.24) is 9.99 Å². The van der Waals surface area contributed by atoms with Crippen molar-refractivity contribution in [3.63, 3.8) is 0 Å². The van der Waals surface area contributed by atoms with Crippen LogP contribution in [0.25, 0.3) is 0 Å². The molecule has 0 rings (SSSR count). The second-order valence-electron chi connectivity index (χ2n) is 4.81. The van der Waals surface area contributed by atoms with E-state index in [-0.39, 0.29) is 0 Å². The number of nitrogens with zero attached hydrogens (tertiary/aromatic N) is 1. The number of likely N-dealkylation sites (N-methyl/N-ethyl adjacent to an activating group) is 1. The van der Waals surface area contributed by atoms with E-state index >= 15 is 0 Å². The van der Waals surface area contributed by atoms with Gasteiger partial charge in [-0.15, -0.1) is 0 Å². The van der Waals surface area contributed by atoms with Gasteiger partial charge in [-0.3, -0.25) is 9.05 Å². The fraction of sp³-hybridized carbons (Fsp3) is 1.00. The Morgan fingerprint density at radius 3 is 1.85 bits per heavy atom. The lowest BCUT2D eigenvalue weighted by atomic mass is 10.4. The topological polar surface area (TPSA) is 50.8 Å². The third-order valence-electron chi connectivity index (χ3n) is 3.15. The van der Waals surface area contributed by atoms with E-state index in [0.29, 0.717) is 19.8 Å². The lowest BCUT2D eigenvalue weighted by molar-refractivity contribution is 0.189. The molecule has 0 aromatic heterocycles. The molecule has 5 nitrogen and oxygen atoms in total. The Bertz CT molecular complexity index is 247. The zero-order valence-corrected chi connectivity index (χ0v) is 14.6. The molecular weight excluding hydrogens is 275 g/mol. The van der Waals surface area contributed by atoms with Gasteiger partial charge in [0.15, 0.2) is 0 Å². The van der Waals surface area contributed by atoms with Crippen LogP contribution in [0.3, 0.4) is 0 Å². The molecule has 0 unspecified atom stereocenters. The zero-order chi connectivity index (χ0) is 15.3. The SMILES string of the molecule is CCCCOP(=O)(NCCN(CC)CC)OCCCC. The first-order valence-electron chi connectivity index (χ1n) is 7.98. The predicted octanol–water partition coefficient (Wildman–Crippen LogP) is 3.66. The summed E-state index contributed by atoms with van der Waals surface area (Å²) in [4.78, 5) is 2.27. The first-order valence-corrected chi connectivity index (χ1v) is 9.52. The molecule has 0 saturated carbocycles. The molecule has 0 fully saturated rings. The average Bonchev–Trinajstić information content (AvgIpc) is 2.44. The maximum absolute atomic E-state index is 12.5. The molecule has 0 atom stereocenters. The summed E-state index contributed by atoms with van der Waals surface area (Å²) in [5, 5.41) is 2.98. The summed E-state index contributed by atoms with van der Waals surface area (Å²) in [6.07, 6.45) is 3.85. The Hall–Kier alpha value is 0.0700. The fourth-order valence-electron chi connectivity index (χ4n) is 1.67. The molecule has 0 spiro atoms. The van der Waals surface area contributed by atoms with E-state index in [0.717, 1.165) is 45.3 Å². The Labute approximate surface area is 125 Å². The Morgan fingerprint density at radius 2 is 1.45 bits per heavy atom. The summed E-state index contributed by atoms with van der Waals surface area (Å²) in [5.41, 5.74) is 0. The van der Waals surface area contributed by atoms with Gasteiger partial charge in [0.05, 0.1) is 13.2 Å². The number of unbranched alkanes of at least 4 members (excludes halogenated alkanes) is 2. The highest BCUT2D eigenvalue weighted by Crippen LogP contribution is 2.43. The van der Waals surface area contributed by atoms with Crippen LogP contribution in [-0.4, -0.2) is 44.3 Å². The third kappa shape index (κ3) is 9.89. The maximum atomic E-state index is 12.5. The monoisotopic (exact) mass is 308 g/mol. The average molecular weight is 308 g/mol. The van der Waals surface area contributed by atoms with E-state index in [1.807, 2.05) is 0 Å². The van der Waals surface area contributed by atoms with Crippen molar-refractivity contribution in [2.45, 2.75) is 53.4 Å². The molecule has 6 heteroatoms. The number of hydrogen-bond acceptors (Lipinski definition) is 4. The molecule has 0 aliphatic rings. The van der Waals surface area contributed by atoms with Crippen LogP contribution < -0.4 is 5.09 Å². The number of nitrogens with one attached hydrogen (secondary N) is 1. The third-order valence-corrected chi connectivity index (χ3v) is 4.80. The highest BCUT2D eigenvalue weighted by molar-refractivity contribution is 7.51. The van der Waals surface area contributed by atoms with E-state index in [1.165, 1.54) is 0 Å². The molecule has 0 aliphatic carbocycles. The molecule has 0 radical (unpaired) electrons. The summed E-state index contributed by atoms with van der Waals surface area (Å²) >= 11 is 0. The summed E-state index contributed by atoms with van der Waals surface area (Å²) in [7, 11) is -3.13. The Morgan fingerprint density at radius 1 is 0.950 bits per heavy atom. The van der Waals surface area contributed by atoms with Gasteiger partial charge in [-0.2, -0.15) is 0 Å². The van der Waals surface area contributed by atoms with Crippen LogP contribution in [0.15, 0.2) is 0 Å². The quantitative estimate of drug-likeness (QED) is 0.392. The Balaban J connectivity index is 4.17. The molecule has 1 N–H and O–H groups in total. The molecule has 122 valence electrons. The smallest absolute Gasteiger partial charge is 0.303 e. The number of hydrogen-bond donors (Lipinski definition) is 1. The molecule has 0 saturated heterocycles. The molecular formula is C14H33N2O3P. The van der Waals surface area contributed by atoms with Crippen LogP contribution in [0.4, 0.5) is 0 Å². The highest BCUT2D eigenvalue weighted by atomic mass is 31.2. The van der Waals surface area contributed by atoms with Crippen molar-refractivity contribution in [2.24, 2.45) is 0 Å². The van der Waals surface area contributed by atoms with Gasteiger partial charge in [-0.25, -0.2) is 9.65 Å². The minimum atomic E-state index is -3.13. The van der Waals surface area contributed by atoms with Gasteiger partial charge in [0, 0.05) is 13.1 Å². The summed E-state index contributed by atoms with van der Waals surface area (Å²) in [6, 6.07) is 0. The summed E-state index contributed by atoms with van der Waals surface area (Å²) in [5.74, 6) is 0. The zero-order valence-electron chi connectivity index (χ0n) is 13.7. The van der Waals surface area contributed by atoms with Gasteiger partial charge in [-0.05, 0) is 25.9 Å². The predicted molar refractivity (Wildman–Crippen MR) is 85.1 cm³/mol. The van der Waals surface area contributed by atoms with E-state index in [2.05, 4.69) is 37.7 Å². The van der Waals surface area contributed by atoms with Crippen LogP contribution in [0.2, 0.25) is 0 Å². The molecule has 20 heavy (non-hydrogen) atoms. The second-order valence-corrected chi connectivity index (χ2v) is 6.63. The lowest BCUT2D eigenvalue weighted by Crippen LogP contribution is -2.31. The van der Waals surface area contributed by atoms with Crippen LogP contribution in [0.1, 0.15) is 53.4 Å². The standard InChI is InChI=1S/C14H33N2O3P/c1-5-9-13-18-20(17,19-14-10-6-2)15-11-12-16(7-3)8-4/h5-14H2,1-4H3,(H,15,17). The minimum Gasteiger partial charge on any atom is -0.303 e. The van der Waals surface area contributed by atoms with Crippen molar-refractivity contribution in [2.75, 3.05) is 39.4 Å². The first-order chi connectivity index (χ1) is 9.61. The van der Waals surface area contributed by atoms with Crippen LogP contribution in [0.5, 0.6) is 0 Å². The maximum Gasteiger partial charge on any atom is 0.405 e. The largest absolute Gasteiger partial charge is 0.405 e. The minimum absolute atomic E-state index is 0.484. The van der Waals surface area contributed by atoms with Gasteiger partial charge >= 0.3 is 7.75 Å².